The number of fused-ring (bicyclic) bond motifs is 1. The molecule has 0 spiro atoms. The largest absolute Gasteiger partial charge is 0.329 e. The number of anilines is 1. The molecule has 1 aliphatic carbocycles. The van der Waals surface area contributed by atoms with Crippen molar-refractivity contribution in [1.82, 2.24) is 4.98 Å². The lowest BCUT2D eigenvalue weighted by Gasteiger charge is -2.34. The number of pyridine rings is 1. The number of hydrogen-bond acceptors (Lipinski definition) is 3. The molecule has 1 aromatic heterocycles. The van der Waals surface area contributed by atoms with Gasteiger partial charge in [0.2, 0.25) is 5.91 Å². The van der Waals surface area contributed by atoms with E-state index in [1.165, 1.54) is 6.42 Å². The van der Waals surface area contributed by atoms with Crippen molar-refractivity contribution < 1.29 is 4.79 Å². The van der Waals surface area contributed by atoms with Gasteiger partial charge in [0.25, 0.3) is 0 Å². The van der Waals surface area contributed by atoms with E-state index in [1.54, 1.807) is 6.20 Å². The molecular formula is C17H21N3O. The minimum atomic E-state index is -0.408. The third kappa shape index (κ3) is 2.63. The van der Waals surface area contributed by atoms with Crippen LogP contribution in [0, 0.1) is 5.41 Å². The molecule has 1 amide bonds. The third-order valence-electron chi connectivity index (χ3n) is 4.56. The second-order valence-electron chi connectivity index (χ2n) is 5.88. The van der Waals surface area contributed by atoms with Gasteiger partial charge < -0.3 is 11.1 Å². The summed E-state index contributed by atoms with van der Waals surface area (Å²) in [5.41, 5.74) is 7.13. The quantitative estimate of drug-likeness (QED) is 0.909. The van der Waals surface area contributed by atoms with E-state index in [0.717, 1.165) is 42.3 Å². The predicted molar refractivity (Wildman–Crippen MR) is 84.9 cm³/mol. The lowest BCUT2D eigenvalue weighted by atomic mass is 9.73. The summed E-state index contributed by atoms with van der Waals surface area (Å²) in [7, 11) is 0. The van der Waals surface area contributed by atoms with E-state index in [0.29, 0.717) is 6.54 Å². The number of hydrogen-bond donors (Lipinski definition) is 2. The number of nitrogens with two attached hydrogens (primary N) is 1. The van der Waals surface area contributed by atoms with Gasteiger partial charge in [0.05, 0.1) is 16.6 Å². The van der Waals surface area contributed by atoms with Gasteiger partial charge in [0, 0.05) is 18.1 Å². The average Bonchev–Trinajstić information content (AvgIpc) is 2.56. The van der Waals surface area contributed by atoms with Crippen LogP contribution >= 0.6 is 0 Å². The van der Waals surface area contributed by atoms with E-state index >= 15 is 0 Å². The highest BCUT2D eigenvalue weighted by atomic mass is 16.2. The Labute approximate surface area is 124 Å². The number of nitrogens with zero attached hydrogens (tertiary/aromatic N) is 1. The zero-order valence-corrected chi connectivity index (χ0v) is 12.1. The Morgan fingerprint density at radius 3 is 2.71 bits per heavy atom. The van der Waals surface area contributed by atoms with E-state index in [2.05, 4.69) is 10.3 Å². The van der Waals surface area contributed by atoms with Crippen molar-refractivity contribution in [2.45, 2.75) is 32.1 Å². The van der Waals surface area contributed by atoms with Crippen LogP contribution in [0.2, 0.25) is 0 Å². The molecule has 0 bridgehead atoms. The Kier molecular flexibility index (Phi) is 3.88. The van der Waals surface area contributed by atoms with Gasteiger partial charge in [-0.3, -0.25) is 9.78 Å². The minimum Gasteiger partial charge on any atom is -0.329 e. The first-order valence-corrected chi connectivity index (χ1v) is 7.60. The normalized spacial score (nSPS) is 17.6. The maximum Gasteiger partial charge on any atom is 0.231 e. The fraction of sp³-hybridized carbons (Fsp3) is 0.412. The third-order valence-corrected chi connectivity index (χ3v) is 4.56. The Morgan fingerprint density at radius 2 is 1.95 bits per heavy atom. The second-order valence-corrected chi connectivity index (χ2v) is 5.88. The zero-order valence-electron chi connectivity index (χ0n) is 12.1. The van der Waals surface area contributed by atoms with Gasteiger partial charge in [0.1, 0.15) is 0 Å². The van der Waals surface area contributed by atoms with E-state index < -0.39 is 5.41 Å². The number of nitrogens with one attached hydrogen (secondary N) is 1. The highest BCUT2D eigenvalue weighted by Gasteiger charge is 2.38. The lowest BCUT2D eigenvalue weighted by Crippen LogP contribution is -2.43. The fourth-order valence-electron chi connectivity index (χ4n) is 3.21. The van der Waals surface area contributed by atoms with Gasteiger partial charge in [-0.15, -0.1) is 0 Å². The number of rotatable bonds is 3. The van der Waals surface area contributed by atoms with Gasteiger partial charge in [0.15, 0.2) is 0 Å². The molecule has 4 nitrogen and oxygen atoms in total. The standard InChI is InChI=1S/C17H21N3O/c18-12-17(9-2-1-3-10-17)16(21)20-14-8-4-6-13-7-5-11-19-15(13)14/h4-8,11H,1-3,9-10,12,18H2,(H,20,21). The molecule has 0 aliphatic heterocycles. The number of amides is 1. The summed E-state index contributed by atoms with van der Waals surface area (Å²) in [5, 5.41) is 4.09. The Hall–Kier alpha value is -1.94. The molecule has 2 aromatic rings. The molecule has 0 radical (unpaired) electrons. The molecule has 3 N–H and O–H groups in total. The first-order chi connectivity index (χ1) is 10.2. The fourth-order valence-corrected chi connectivity index (χ4v) is 3.21. The molecule has 4 heteroatoms. The molecule has 1 aliphatic rings. The molecule has 0 atom stereocenters. The van der Waals surface area contributed by atoms with Crippen molar-refractivity contribution in [3.8, 4) is 0 Å². The summed E-state index contributed by atoms with van der Waals surface area (Å²) in [6, 6.07) is 9.74. The monoisotopic (exact) mass is 283 g/mol. The van der Waals surface area contributed by atoms with Crippen molar-refractivity contribution >= 4 is 22.5 Å². The second kappa shape index (κ2) is 5.82. The first kappa shape index (κ1) is 14.0. The van der Waals surface area contributed by atoms with Gasteiger partial charge in [-0.05, 0) is 25.0 Å². The predicted octanol–water partition coefficient (Wildman–Crippen LogP) is 3.08. The van der Waals surface area contributed by atoms with Crippen LogP contribution in [0.15, 0.2) is 36.5 Å². The number of aromatic nitrogens is 1. The van der Waals surface area contributed by atoms with Crippen LogP contribution in [0.5, 0.6) is 0 Å². The number of carbonyl (C=O) groups is 1. The summed E-state index contributed by atoms with van der Waals surface area (Å²) in [6.45, 7) is 0.414. The molecule has 110 valence electrons. The SMILES string of the molecule is NCC1(C(=O)Nc2cccc3cccnc23)CCCCC1. The molecule has 1 fully saturated rings. The van der Waals surface area contributed by atoms with E-state index in [1.807, 2.05) is 30.3 Å². The number of carbonyl (C=O) groups excluding carboxylic acids is 1. The highest BCUT2D eigenvalue weighted by molar-refractivity contribution is 6.02. The molecule has 1 aromatic carbocycles. The van der Waals surface area contributed by atoms with Crippen molar-refractivity contribution in [1.29, 1.82) is 0 Å². The van der Waals surface area contributed by atoms with Crippen LogP contribution in [0.3, 0.4) is 0 Å². The molecule has 1 saturated carbocycles. The van der Waals surface area contributed by atoms with Crippen LogP contribution in [-0.2, 0) is 4.79 Å². The highest BCUT2D eigenvalue weighted by Crippen LogP contribution is 2.37. The van der Waals surface area contributed by atoms with Crippen molar-refractivity contribution in [3.05, 3.63) is 36.5 Å². The Balaban J connectivity index is 1.89. The molecule has 3 rings (SSSR count). The lowest BCUT2D eigenvalue weighted by molar-refractivity contribution is -0.126. The first-order valence-electron chi connectivity index (χ1n) is 7.60. The molecular weight excluding hydrogens is 262 g/mol. The van der Waals surface area contributed by atoms with Gasteiger partial charge in [-0.1, -0.05) is 37.5 Å². The van der Waals surface area contributed by atoms with Crippen LogP contribution < -0.4 is 11.1 Å². The van der Waals surface area contributed by atoms with Gasteiger partial charge in [-0.25, -0.2) is 0 Å². The summed E-state index contributed by atoms with van der Waals surface area (Å²) in [6.07, 6.45) is 6.88. The number of para-hydroxylation sites is 1. The maximum atomic E-state index is 12.7. The Morgan fingerprint density at radius 1 is 1.19 bits per heavy atom. The summed E-state index contributed by atoms with van der Waals surface area (Å²) < 4.78 is 0. The van der Waals surface area contributed by atoms with E-state index in [9.17, 15) is 4.79 Å². The molecule has 0 unspecified atom stereocenters. The van der Waals surface area contributed by atoms with Crippen LogP contribution in [0.25, 0.3) is 10.9 Å². The number of benzene rings is 1. The van der Waals surface area contributed by atoms with Crippen LogP contribution in [-0.4, -0.2) is 17.4 Å². The summed E-state index contributed by atoms with van der Waals surface area (Å²) in [5.74, 6) is 0.0443. The van der Waals surface area contributed by atoms with Gasteiger partial charge >= 0.3 is 0 Å². The van der Waals surface area contributed by atoms with Crippen molar-refractivity contribution in [2.75, 3.05) is 11.9 Å². The van der Waals surface area contributed by atoms with Crippen LogP contribution in [0.4, 0.5) is 5.69 Å². The maximum absolute atomic E-state index is 12.7. The van der Waals surface area contributed by atoms with E-state index in [-0.39, 0.29) is 5.91 Å². The van der Waals surface area contributed by atoms with E-state index in [4.69, 9.17) is 5.73 Å². The van der Waals surface area contributed by atoms with Gasteiger partial charge in [-0.2, -0.15) is 0 Å². The average molecular weight is 283 g/mol. The zero-order chi connectivity index (χ0) is 14.7. The summed E-state index contributed by atoms with van der Waals surface area (Å²) in [4.78, 5) is 17.1. The molecule has 1 heterocycles. The van der Waals surface area contributed by atoms with Crippen molar-refractivity contribution in [2.24, 2.45) is 11.1 Å². The minimum absolute atomic E-state index is 0.0443. The summed E-state index contributed by atoms with van der Waals surface area (Å²) >= 11 is 0. The Bertz CT molecular complexity index is 642. The van der Waals surface area contributed by atoms with Crippen LogP contribution in [0.1, 0.15) is 32.1 Å². The smallest absolute Gasteiger partial charge is 0.231 e. The molecule has 0 saturated heterocycles. The molecule has 21 heavy (non-hydrogen) atoms. The van der Waals surface area contributed by atoms with Crippen molar-refractivity contribution in [3.63, 3.8) is 0 Å². The topological polar surface area (TPSA) is 68.0 Å².